The van der Waals surface area contributed by atoms with E-state index in [0.717, 1.165) is 0 Å². The first-order chi connectivity index (χ1) is 6.93. The van der Waals surface area contributed by atoms with Crippen molar-refractivity contribution < 1.29 is 60.0 Å². The van der Waals surface area contributed by atoms with Crippen LogP contribution in [0.1, 0.15) is 0 Å². The number of carbonyl (C=O) groups is 4. The van der Waals surface area contributed by atoms with Gasteiger partial charge in [0, 0.05) is 0 Å². The van der Waals surface area contributed by atoms with Crippen LogP contribution in [-0.4, -0.2) is 65.5 Å². The molecule has 0 aliphatic heterocycles. The summed E-state index contributed by atoms with van der Waals surface area (Å²) in [5, 5.41) is 55.8. The summed E-state index contributed by atoms with van der Waals surface area (Å²) in [5.41, 5.74) is 0. The molecule has 0 spiro atoms. The summed E-state index contributed by atoms with van der Waals surface area (Å²) in [5.74, 6) is 0. The molecule has 0 rings (SSSR count). The SMILES string of the molecule is Cl.O=C(O)O.O=C(O)O.O=C(O)O.O=C(O)O. The van der Waals surface area contributed by atoms with Crippen LogP contribution in [0.2, 0.25) is 0 Å². The molecule has 0 aromatic heterocycles. The molecule has 0 saturated carbocycles. The minimum absolute atomic E-state index is 0. The third-order valence-electron chi connectivity index (χ3n) is 0. The highest BCUT2D eigenvalue weighted by molar-refractivity contribution is 5.85. The van der Waals surface area contributed by atoms with Gasteiger partial charge in [-0.25, -0.2) is 19.2 Å². The van der Waals surface area contributed by atoms with E-state index in [0.29, 0.717) is 0 Å². The van der Waals surface area contributed by atoms with Crippen LogP contribution in [0.5, 0.6) is 0 Å². The van der Waals surface area contributed by atoms with Gasteiger partial charge in [0.05, 0.1) is 0 Å². The van der Waals surface area contributed by atoms with E-state index in [1.165, 1.54) is 0 Å². The number of rotatable bonds is 0. The van der Waals surface area contributed by atoms with Crippen LogP contribution in [-0.2, 0) is 0 Å². The lowest BCUT2D eigenvalue weighted by molar-refractivity contribution is 0.135. The smallest absolute Gasteiger partial charge is 0.450 e. The summed E-state index contributed by atoms with van der Waals surface area (Å²) < 4.78 is 0. The number of halogens is 1. The summed E-state index contributed by atoms with van der Waals surface area (Å²) in [6.07, 6.45) is -7.33. The highest BCUT2D eigenvalue weighted by atomic mass is 35.5. The van der Waals surface area contributed by atoms with Crippen LogP contribution in [0.25, 0.3) is 0 Å². The van der Waals surface area contributed by atoms with Crippen molar-refractivity contribution >= 4 is 37.0 Å². The number of carboxylic acid groups (broad SMARTS) is 8. The Balaban J connectivity index is -0.0000000369. The molecule has 0 aliphatic rings. The molecule has 104 valence electrons. The molecule has 0 aliphatic carbocycles. The lowest BCUT2D eigenvalue weighted by Gasteiger charge is -1.60. The molecule has 12 nitrogen and oxygen atoms in total. The van der Waals surface area contributed by atoms with Gasteiger partial charge in [0.2, 0.25) is 0 Å². The van der Waals surface area contributed by atoms with Gasteiger partial charge in [0.1, 0.15) is 0 Å². The van der Waals surface area contributed by atoms with Gasteiger partial charge < -0.3 is 40.9 Å². The minimum atomic E-state index is -1.83. The second-order valence-electron chi connectivity index (χ2n) is 1.13. The fourth-order valence-electron chi connectivity index (χ4n) is 0. The van der Waals surface area contributed by atoms with Crippen LogP contribution >= 0.6 is 12.4 Å². The fourth-order valence-corrected chi connectivity index (χ4v) is 0. The van der Waals surface area contributed by atoms with Crippen molar-refractivity contribution in [2.24, 2.45) is 0 Å². The van der Waals surface area contributed by atoms with Gasteiger partial charge in [-0.3, -0.25) is 0 Å². The maximum atomic E-state index is 8.56. The zero-order chi connectivity index (χ0) is 14.3. The molecule has 0 heterocycles. The van der Waals surface area contributed by atoms with Crippen molar-refractivity contribution in [3.8, 4) is 0 Å². The highest BCUT2D eigenvalue weighted by Gasteiger charge is 1.71. The predicted molar refractivity (Wildman–Crippen MR) is 49.9 cm³/mol. The monoisotopic (exact) mass is 284 g/mol. The van der Waals surface area contributed by atoms with Gasteiger partial charge in [-0.1, -0.05) is 0 Å². The summed E-state index contributed by atoms with van der Waals surface area (Å²) >= 11 is 0. The highest BCUT2D eigenvalue weighted by Crippen LogP contribution is 1.43. The van der Waals surface area contributed by atoms with E-state index in [1.54, 1.807) is 0 Å². The molecule has 0 aromatic carbocycles. The molecular formula is C4H9ClO12. The van der Waals surface area contributed by atoms with Gasteiger partial charge in [-0.15, -0.1) is 12.4 Å². The minimum Gasteiger partial charge on any atom is -0.450 e. The van der Waals surface area contributed by atoms with E-state index in [1.807, 2.05) is 0 Å². The molecule has 0 amide bonds. The van der Waals surface area contributed by atoms with E-state index in [4.69, 9.17) is 60.0 Å². The van der Waals surface area contributed by atoms with Crippen LogP contribution in [0.3, 0.4) is 0 Å². The summed E-state index contributed by atoms with van der Waals surface area (Å²) in [6.45, 7) is 0. The first kappa shape index (κ1) is 29.3. The summed E-state index contributed by atoms with van der Waals surface area (Å²) in [4.78, 5) is 34.2. The standard InChI is InChI=1S/4CH2O3.ClH/c4*2-1(3)4;/h4*(H2,2,3,4);1H. The molecule has 13 heteroatoms. The average Bonchev–Trinajstić information content (AvgIpc) is 1.76. The molecule has 0 bridgehead atoms. The number of hydrogen-bond donors (Lipinski definition) is 8. The van der Waals surface area contributed by atoms with Gasteiger partial charge in [0.25, 0.3) is 0 Å². The third kappa shape index (κ3) is 250. The zero-order valence-electron chi connectivity index (χ0n) is 7.62. The predicted octanol–water partition coefficient (Wildman–Crippen LogP) is 1.31. The van der Waals surface area contributed by atoms with E-state index in [2.05, 4.69) is 0 Å². The van der Waals surface area contributed by atoms with Crippen molar-refractivity contribution in [3.05, 3.63) is 0 Å². The molecule has 17 heavy (non-hydrogen) atoms. The van der Waals surface area contributed by atoms with Gasteiger partial charge in [0.15, 0.2) is 0 Å². The maximum absolute atomic E-state index is 8.56. The lowest BCUT2D eigenvalue weighted by atomic mass is 11.5. The molecule has 0 radical (unpaired) electrons. The molecular weight excluding hydrogens is 275 g/mol. The molecule has 8 N–H and O–H groups in total. The van der Waals surface area contributed by atoms with Crippen LogP contribution < -0.4 is 0 Å². The Morgan fingerprint density at radius 2 is 0.412 bits per heavy atom. The van der Waals surface area contributed by atoms with E-state index >= 15 is 0 Å². The quantitative estimate of drug-likeness (QED) is 0.314. The zero-order valence-corrected chi connectivity index (χ0v) is 8.44. The van der Waals surface area contributed by atoms with E-state index in [9.17, 15) is 0 Å². The fraction of sp³-hybridized carbons (Fsp3) is 0. The first-order valence-corrected chi connectivity index (χ1v) is 2.61. The Kier molecular flexibility index (Phi) is 40.1. The summed E-state index contributed by atoms with van der Waals surface area (Å²) in [7, 11) is 0. The maximum Gasteiger partial charge on any atom is 0.503 e. The van der Waals surface area contributed by atoms with Gasteiger partial charge >= 0.3 is 24.6 Å². The second-order valence-corrected chi connectivity index (χ2v) is 1.13. The van der Waals surface area contributed by atoms with Crippen LogP contribution in [0.4, 0.5) is 19.2 Å². The van der Waals surface area contributed by atoms with Crippen molar-refractivity contribution in [2.75, 3.05) is 0 Å². The number of hydrogen-bond acceptors (Lipinski definition) is 4. The largest absolute Gasteiger partial charge is 0.503 e. The van der Waals surface area contributed by atoms with Crippen LogP contribution in [0, 0.1) is 0 Å². The Labute approximate surface area is 98.0 Å². The first-order valence-electron chi connectivity index (χ1n) is 2.61. The van der Waals surface area contributed by atoms with E-state index < -0.39 is 24.6 Å². The van der Waals surface area contributed by atoms with Crippen molar-refractivity contribution in [3.63, 3.8) is 0 Å². The second kappa shape index (κ2) is 23.3. The summed E-state index contributed by atoms with van der Waals surface area (Å²) in [6, 6.07) is 0. The topological polar surface area (TPSA) is 230 Å². The molecule has 0 atom stereocenters. The third-order valence-corrected chi connectivity index (χ3v) is 0. The Hall–Kier alpha value is -2.63. The molecule has 0 saturated heterocycles. The Morgan fingerprint density at radius 3 is 0.412 bits per heavy atom. The van der Waals surface area contributed by atoms with Crippen molar-refractivity contribution in [1.82, 2.24) is 0 Å². The Bertz CT molecular complexity index is 159. The lowest BCUT2D eigenvalue weighted by Crippen LogP contribution is -1.81. The van der Waals surface area contributed by atoms with Crippen LogP contribution in [0.15, 0.2) is 0 Å². The van der Waals surface area contributed by atoms with Gasteiger partial charge in [-0.2, -0.15) is 0 Å². The Morgan fingerprint density at radius 1 is 0.412 bits per heavy atom. The van der Waals surface area contributed by atoms with Crippen molar-refractivity contribution in [2.45, 2.75) is 0 Å². The molecule has 0 fully saturated rings. The normalized spacial score (nSPS) is 5.65. The average molecular weight is 285 g/mol. The molecule has 0 unspecified atom stereocenters. The van der Waals surface area contributed by atoms with Gasteiger partial charge in [-0.05, 0) is 0 Å². The van der Waals surface area contributed by atoms with E-state index in [-0.39, 0.29) is 12.4 Å². The van der Waals surface area contributed by atoms with Crippen molar-refractivity contribution in [1.29, 1.82) is 0 Å². The molecule has 0 aromatic rings.